The predicted octanol–water partition coefficient (Wildman–Crippen LogP) is 5.05. The largest absolute Gasteiger partial charge is 0.416 e. The number of allylic oxidation sites excluding steroid dienone is 1. The molecule has 0 aliphatic carbocycles. The Balaban J connectivity index is 1.78. The normalized spacial score (nSPS) is 15.0. The molecule has 2 aromatic rings. The van der Waals surface area contributed by atoms with Crippen LogP contribution < -0.4 is 0 Å². The van der Waals surface area contributed by atoms with E-state index < -0.39 is 11.7 Å². The summed E-state index contributed by atoms with van der Waals surface area (Å²) in [6.07, 6.45) is -2.32. The van der Waals surface area contributed by atoms with Crippen LogP contribution in [-0.4, -0.2) is 10.9 Å². The minimum Gasteiger partial charge on any atom is -0.360 e. The van der Waals surface area contributed by atoms with Crippen LogP contribution >= 0.6 is 0 Å². The van der Waals surface area contributed by atoms with Crippen LogP contribution in [-0.2, 0) is 6.18 Å². The summed E-state index contributed by atoms with van der Waals surface area (Å²) >= 11 is 0. The van der Waals surface area contributed by atoms with Crippen LogP contribution in [0.25, 0.3) is 5.57 Å². The Bertz CT molecular complexity index is 785. The van der Waals surface area contributed by atoms with Crippen LogP contribution in [0.5, 0.6) is 0 Å². The van der Waals surface area contributed by atoms with E-state index in [9.17, 15) is 13.2 Å². The van der Waals surface area contributed by atoms with Gasteiger partial charge in [-0.1, -0.05) is 31.1 Å². The molecule has 0 unspecified atom stereocenters. The summed E-state index contributed by atoms with van der Waals surface area (Å²) in [7, 11) is 0. The highest BCUT2D eigenvalue weighted by Crippen LogP contribution is 2.33. The molecule has 3 rings (SSSR count). The molecule has 0 spiro atoms. The highest BCUT2D eigenvalue weighted by Gasteiger charge is 2.31. The van der Waals surface area contributed by atoms with E-state index in [2.05, 4.69) is 10.1 Å². The van der Waals surface area contributed by atoms with E-state index in [-0.39, 0.29) is 5.92 Å². The van der Waals surface area contributed by atoms with Gasteiger partial charge in [0.2, 0.25) is 0 Å². The van der Waals surface area contributed by atoms with Crippen LogP contribution in [0.3, 0.4) is 0 Å². The number of aromatic nitrogens is 1. The maximum Gasteiger partial charge on any atom is 0.416 e. The molecule has 0 N–H and O–H groups in total. The summed E-state index contributed by atoms with van der Waals surface area (Å²) in [5, 5.41) is 3.99. The van der Waals surface area contributed by atoms with E-state index in [0.29, 0.717) is 23.4 Å². The van der Waals surface area contributed by atoms with Crippen molar-refractivity contribution in [1.82, 2.24) is 5.16 Å². The average molecular weight is 320 g/mol. The second kappa shape index (κ2) is 5.68. The fourth-order valence-electron chi connectivity index (χ4n) is 2.35. The molecule has 1 aromatic heterocycles. The van der Waals surface area contributed by atoms with Crippen LogP contribution in [0.2, 0.25) is 0 Å². The maximum atomic E-state index is 12.8. The van der Waals surface area contributed by atoms with E-state index in [0.717, 1.165) is 23.5 Å². The molecular weight excluding hydrogens is 305 g/mol. The molecule has 120 valence electrons. The molecule has 0 saturated carbocycles. The van der Waals surface area contributed by atoms with Crippen molar-refractivity contribution in [3.63, 3.8) is 0 Å². The van der Waals surface area contributed by atoms with Crippen molar-refractivity contribution in [2.75, 3.05) is 0 Å². The number of nitrogens with zero attached hydrogens (tertiary/aromatic N) is 2. The van der Waals surface area contributed by atoms with E-state index in [1.165, 1.54) is 6.07 Å². The van der Waals surface area contributed by atoms with Gasteiger partial charge < -0.3 is 4.52 Å². The Morgan fingerprint density at radius 1 is 1.17 bits per heavy atom. The number of aliphatic imine (C=N–C) groups is 1. The zero-order chi connectivity index (χ0) is 16.6. The van der Waals surface area contributed by atoms with Crippen LogP contribution in [0.4, 0.5) is 13.2 Å². The first-order chi connectivity index (χ1) is 10.8. The fraction of sp³-hybridized carbons (Fsp3) is 0.294. The van der Waals surface area contributed by atoms with Crippen molar-refractivity contribution in [2.24, 2.45) is 4.99 Å². The van der Waals surface area contributed by atoms with Gasteiger partial charge in [0.05, 0.1) is 11.3 Å². The number of halogens is 3. The standard InChI is InChI=1S/C17H15F3N2O/c1-10(2)16-8-15(22-23-16)14-7-12(9-21-14)11-4-3-5-13(6-11)17(18,19)20/h3-6,8-10H,7H2,1-2H3. The van der Waals surface area contributed by atoms with E-state index >= 15 is 0 Å². The molecule has 1 aliphatic heterocycles. The molecule has 2 heterocycles. The lowest BCUT2D eigenvalue weighted by atomic mass is 9.99. The Morgan fingerprint density at radius 2 is 1.96 bits per heavy atom. The minimum absolute atomic E-state index is 0.217. The zero-order valence-corrected chi connectivity index (χ0v) is 12.7. The van der Waals surface area contributed by atoms with Gasteiger partial charge in [-0.05, 0) is 23.3 Å². The topological polar surface area (TPSA) is 38.4 Å². The Labute approximate surface area is 131 Å². The number of hydrogen-bond acceptors (Lipinski definition) is 3. The van der Waals surface area contributed by atoms with Gasteiger partial charge in [-0.15, -0.1) is 0 Å². The van der Waals surface area contributed by atoms with Crippen LogP contribution in [0, 0.1) is 0 Å². The first-order valence-electron chi connectivity index (χ1n) is 7.25. The molecule has 6 heteroatoms. The summed E-state index contributed by atoms with van der Waals surface area (Å²) in [4.78, 5) is 4.28. The molecule has 0 radical (unpaired) electrons. The fourth-order valence-corrected chi connectivity index (χ4v) is 2.35. The highest BCUT2D eigenvalue weighted by molar-refractivity contribution is 6.07. The summed E-state index contributed by atoms with van der Waals surface area (Å²) in [6.45, 7) is 3.99. The van der Waals surface area contributed by atoms with Crippen LogP contribution in [0.1, 0.15) is 48.8 Å². The third-order valence-corrected chi connectivity index (χ3v) is 3.69. The minimum atomic E-state index is -4.35. The molecule has 1 aromatic carbocycles. The summed E-state index contributed by atoms with van der Waals surface area (Å²) < 4.78 is 43.7. The van der Waals surface area contributed by atoms with Gasteiger partial charge in [-0.25, -0.2) is 0 Å². The van der Waals surface area contributed by atoms with Gasteiger partial charge in [-0.2, -0.15) is 13.2 Å². The molecule has 23 heavy (non-hydrogen) atoms. The number of alkyl halides is 3. The summed E-state index contributed by atoms with van der Waals surface area (Å²) in [5.74, 6) is 0.976. The van der Waals surface area contributed by atoms with Gasteiger partial charge in [0.25, 0.3) is 0 Å². The maximum absolute atomic E-state index is 12.8. The van der Waals surface area contributed by atoms with Gasteiger partial charge in [0.15, 0.2) is 0 Å². The van der Waals surface area contributed by atoms with Crippen molar-refractivity contribution in [2.45, 2.75) is 32.4 Å². The lowest BCUT2D eigenvalue weighted by Gasteiger charge is -2.09. The van der Waals surface area contributed by atoms with Crippen molar-refractivity contribution in [1.29, 1.82) is 0 Å². The number of hydrogen-bond donors (Lipinski definition) is 0. The highest BCUT2D eigenvalue weighted by atomic mass is 19.4. The molecule has 0 amide bonds. The third-order valence-electron chi connectivity index (χ3n) is 3.69. The third kappa shape index (κ3) is 3.21. The summed E-state index contributed by atoms with van der Waals surface area (Å²) in [5.41, 5.74) is 1.93. The van der Waals surface area contributed by atoms with Gasteiger partial charge in [0.1, 0.15) is 11.5 Å². The predicted molar refractivity (Wildman–Crippen MR) is 81.2 cm³/mol. The second-order valence-electron chi connectivity index (χ2n) is 5.75. The van der Waals surface area contributed by atoms with Crippen molar-refractivity contribution >= 4 is 11.3 Å². The smallest absolute Gasteiger partial charge is 0.360 e. The Hall–Kier alpha value is -2.37. The van der Waals surface area contributed by atoms with E-state index in [1.807, 2.05) is 19.9 Å². The van der Waals surface area contributed by atoms with E-state index in [4.69, 9.17) is 4.52 Å². The molecule has 0 bridgehead atoms. The molecular formula is C17H15F3N2O. The molecule has 0 saturated heterocycles. The Morgan fingerprint density at radius 3 is 2.61 bits per heavy atom. The van der Waals surface area contributed by atoms with Gasteiger partial charge in [-0.3, -0.25) is 4.99 Å². The monoisotopic (exact) mass is 320 g/mol. The second-order valence-corrected chi connectivity index (χ2v) is 5.75. The molecule has 1 aliphatic rings. The van der Waals surface area contributed by atoms with Crippen LogP contribution in [0.15, 0.2) is 46.0 Å². The number of benzene rings is 1. The first kappa shape index (κ1) is 15.5. The average Bonchev–Trinajstić information content (AvgIpc) is 3.15. The first-order valence-corrected chi connectivity index (χ1v) is 7.25. The Kier molecular flexibility index (Phi) is 3.83. The van der Waals surface area contributed by atoms with Gasteiger partial charge >= 0.3 is 6.18 Å². The number of rotatable bonds is 3. The molecule has 0 fully saturated rings. The molecule has 0 atom stereocenters. The van der Waals surface area contributed by atoms with Gasteiger partial charge in [0, 0.05) is 24.6 Å². The van der Waals surface area contributed by atoms with Crippen molar-refractivity contribution in [3.05, 3.63) is 59.1 Å². The molecule has 3 nitrogen and oxygen atoms in total. The lowest BCUT2D eigenvalue weighted by Crippen LogP contribution is -2.05. The van der Waals surface area contributed by atoms with E-state index in [1.54, 1.807) is 12.3 Å². The zero-order valence-electron chi connectivity index (χ0n) is 12.7. The SMILES string of the molecule is CC(C)c1cc(C2=NC=C(c3cccc(C(F)(F)F)c3)C2)no1. The van der Waals surface area contributed by atoms with Crippen molar-refractivity contribution in [3.8, 4) is 0 Å². The summed E-state index contributed by atoms with van der Waals surface area (Å²) in [6, 6.07) is 7.10. The quantitative estimate of drug-likeness (QED) is 0.793. The lowest BCUT2D eigenvalue weighted by molar-refractivity contribution is -0.137. The van der Waals surface area contributed by atoms with Crippen molar-refractivity contribution < 1.29 is 17.7 Å².